The average Bonchev–Trinajstić information content (AvgIpc) is 2.68. The minimum Gasteiger partial charge on any atom is -0.371 e. The second-order valence-corrected chi connectivity index (χ2v) is 9.70. The first kappa shape index (κ1) is 21.8. The van der Waals surface area contributed by atoms with E-state index in [-0.39, 0.29) is 4.90 Å². The van der Waals surface area contributed by atoms with E-state index in [1.165, 1.54) is 18.2 Å². The molecule has 0 atom stereocenters. The SMILES string of the molecule is N#CSc1ccc(S(=O)(=O)c2ccc(Cl)c(C(F)(F)F)c2)cc1N1CCCCC1. The number of nitrogens with zero attached hydrogens (tertiary/aromatic N) is 2. The van der Waals surface area contributed by atoms with E-state index < -0.39 is 31.5 Å². The maximum absolute atomic E-state index is 13.1. The zero-order chi connectivity index (χ0) is 21.2. The highest BCUT2D eigenvalue weighted by molar-refractivity contribution is 8.03. The molecular weight excluding hydrogens is 445 g/mol. The smallest absolute Gasteiger partial charge is 0.371 e. The molecule has 0 amide bonds. The number of thiocyanates is 1. The summed E-state index contributed by atoms with van der Waals surface area (Å²) in [7, 11) is -4.21. The van der Waals surface area contributed by atoms with Crippen LogP contribution < -0.4 is 4.90 Å². The average molecular weight is 461 g/mol. The monoisotopic (exact) mass is 460 g/mol. The molecular formula is C19H16ClF3N2O2S2. The molecule has 1 heterocycles. The van der Waals surface area contributed by atoms with Gasteiger partial charge in [0.2, 0.25) is 9.84 Å². The molecule has 0 unspecified atom stereocenters. The Bertz CT molecular complexity index is 1060. The van der Waals surface area contributed by atoms with E-state index in [9.17, 15) is 21.6 Å². The maximum Gasteiger partial charge on any atom is 0.417 e. The van der Waals surface area contributed by atoms with Gasteiger partial charge in [0.15, 0.2) is 0 Å². The number of alkyl halides is 3. The van der Waals surface area contributed by atoms with Gasteiger partial charge in [-0.3, -0.25) is 0 Å². The first-order chi connectivity index (χ1) is 13.6. The predicted octanol–water partition coefficient (Wildman–Crippen LogP) is 5.76. The Morgan fingerprint density at radius 3 is 2.28 bits per heavy atom. The van der Waals surface area contributed by atoms with Gasteiger partial charge in [0.05, 0.1) is 26.1 Å². The van der Waals surface area contributed by atoms with Crippen LogP contribution >= 0.6 is 23.4 Å². The van der Waals surface area contributed by atoms with E-state index in [2.05, 4.69) is 0 Å². The van der Waals surface area contributed by atoms with Gasteiger partial charge < -0.3 is 4.90 Å². The molecule has 0 spiro atoms. The Morgan fingerprint density at radius 2 is 1.66 bits per heavy atom. The van der Waals surface area contributed by atoms with Crippen molar-refractivity contribution in [1.29, 1.82) is 5.26 Å². The number of benzene rings is 2. The third-order valence-corrected chi connectivity index (χ3v) is 7.38. The van der Waals surface area contributed by atoms with Gasteiger partial charge in [-0.25, -0.2) is 8.42 Å². The molecule has 29 heavy (non-hydrogen) atoms. The van der Waals surface area contributed by atoms with E-state index in [1.807, 2.05) is 10.3 Å². The second kappa shape index (κ2) is 8.46. The summed E-state index contributed by atoms with van der Waals surface area (Å²) in [6.07, 6.45) is -1.81. The lowest BCUT2D eigenvalue weighted by Gasteiger charge is -2.30. The minimum atomic E-state index is -4.77. The van der Waals surface area contributed by atoms with Gasteiger partial charge in [0, 0.05) is 18.0 Å². The Morgan fingerprint density at radius 1 is 1.03 bits per heavy atom. The van der Waals surface area contributed by atoms with Gasteiger partial charge in [0.1, 0.15) is 5.40 Å². The molecule has 0 saturated carbocycles. The Hall–Kier alpha value is -1.89. The molecule has 2 aromatic rings. The van der Waals surface area contributed by atoms with Crippen LogP contribution in [0.3, 0.4) is 0 Å². The van der Waals surface area contributed by atoms with Gasteiger partial charge in [-0.05, 0) is 67.4 Å². The lowest BCUT2D eigenvalue weighted by atomic mass is 10.1. The third-order valence-electron chi connectivity index (χ3n) is 4.65. The zero-order valence-corrected chi connectivity index (χ0v) is 17.4. The number of anilines is 1. The van der Waals surface area contributed by atoms with Crippen LogP contribution in [0.2, 0.25) is 5.02 Å². The van der Waals surface area contributed by atoms with Crippen molar-refractivity contribution in [2.75, 3.05) is 18.0 Å². The van der Waals surface area contributed by atoms with Crippen molar-refractivity contribution >= 4 is 38.9 Å². The predicted molar refractivity (Wildman–Crippen MR) is 106 cm³/mol. The largest absolute Gasteiger partial charge is 0.417 e. The number of nitriles is 1. The van der Waals surface area contributed by atoms with Crippen LogP contribution in [0.15, 0.2) is 51.1 Å². The highest BCUT2D eigenvalue weighted by Gasteiger charge is 2.35. The lowest BCUT2D eigenvalue weighted by molar-refractivity contribution is -0.137. The first-order valence-corrected chi connectivity index (χ1v) is 11.4. The standard InChI is InChI=1S/C19H16ClF3N2O2S2/c20-16-6-4-13(10-15(16)19(21,22)23)29(26,27)14-5-7-18(28-12-24)17(11-14)25-8-2-1-3-9-25/h4-7,10-11H,1-3,8-9H2. The summed E-state index contributed by atoms with van der Waals surface area (Å²) in [6.45, 7) is 1.45. The lowest BCUT2D eigenvalue weighted by Crippen LogP contribution is -2.30. The van der Waals surface area contributed by atoms with E-state index in [0.717, 1.165) is 56.2 Å². The molecule has 0 N–H and O–H groups in total. The number of piperidine rings is 1. The molecule has 0 aliphatic carbocycles. The summed E-state index contributed by atoms with van der Waals surface area (Å²) >= 11 is 6.53. The third kappa shape index (κ3) is 4.65. The highest BCUT2D eigenvalue weighted by atomic mass is 35.5. The molecule has 4 nitrogen and oxygen atoms in total. The number of hydrogen-bond donors (Lipinski definition) is 0. The van der Waals surface area contributed by atoms with Crippen LogP contribution in [-0.4, -0.2) is 21.5 Å². The van der Waals surface area contributed by atoms with Crippen LogP contribution in [-0.2, 0) is 16.0 Å². The molecule has 0 aromatic heterocycles. The van der Waals surface area contributed by atoms with E-state index in [4.69, 9.17) is 16.9 Å². The molecule has 10 heteroatoms. The van der Waals surface area contributed by atoms with Crippen molar-refractivity contribution in [1.82, 2.24) is 0 Å². The zero-order valence-electron chi connectivity index (χ0n) is 15.0. The Kier molecular flexibility index (Phi) is 6.36. The number of rotatable bonds is 4. The first-order valence-electron chi connectivity index (χ1n) is 8.71. The quantitative estimate of drug-likeness (QED) is 0.429. The molecule has 1 aliphatic heterocycles. The van der Waals surface area contributed by atoms with Crippen LogP contribution in [0.1, 0.15) is 24.8 Å². The van der Waals surface area contributed by atoms with Crippen LogP contribution in [0.4, 0.5) is 18.9 Å². The van der Waals surface area contributed by atoms with Crippen molar-refractivity contribution in [2.24, 2.45) is 0 Å². The van der Waals surface area contributed by atoms with Crippen molar-refractivity contribution in [3.8, 4) is 5.40 Å². The molecule has 154 valence electrons. The summed E-state index contributed by atoms with van der Waals surface area (Å²) in [5.74, 6) is 0. The van der Waals surface area contributed by atoms with E-state index in [0.29, 0.717) is 16.6 Å². The van der Waals surface area contributed by atoms with Gasteiger partial charge in [-0.1, -0.05) is 11.6 Å². The molecule has 0 bridgehead atoms. The van der Waals surface area contributed by atoms with Gasteiger partial charge in [0.25, 0.3) is 0 Å². The van der Waals surface area contributed by atoms with Crippen molar-refractivity contribution in [2.45, 2.75) is 40.1 Å². The molecule has 1 fully saturated rings. The van der Waals surface area contributed by atoms with Crippen LogP contribution in [0, 0.1) is 10.7 Å². The second-order valence-electron chi connectivity index (χ2n) is 6.51. The molecule has 2 aromatic carbocycles. The van der Waals surface area contributed by atoms with Crippen molar-refractivity contribution < 1.29 is 21.6 Å². The van der Waals surface area contributed by atoms with Crippen LogP contribution in [0.5, 0.6) is 0 Å². The summed E-state index contributed by atoms with van der Waals surface area (Å²) in [6, 6.07) is 6.81. The minimum absolute atomic E-state index is 0.129. The molecule has 0 radical (unpaired) electrons. The van der Waals surface area contributed by atoms with Crippen molar-refractivity contribution in [3.05, 3.63) is 47.0 Å². The fourth-order valence-electron chi connectivity index (χ4n) is 3.21. The summed E-state index contributed by atoms with van der Waals surface area (Å²) in [5, 5.41) is 10.5. The van der Waals surface area contributed by atoms with Gasteiger partial charge >= 0.3 is 6.18 Å². The normalized spacial score (nSPS) is 15.2. The van der Waals surface area contributed by atoms with Crippen LogP contribution in [0.25, 0.3) is 0 Å². The van der Waals surface area contributed by atoms with E-state index in [1.54, 1.807) is 0 Å². The molecule has 3 rings (SSSR count). The number of hydrogen-bond acceptors (Lipinski definition) is 5. The number of sulfone groups is 1. The fraction of sp³-hybridized carbons (Fsp3) is 0.316. The maximum atomic E-state index is 13.1. The fourth-order valence-corrected chi connectivity index (χ4v) is 5.26. The van der Waals surface area contributed by atoms with Crippen molar-refractivity contribution in [3.63, 3.8) is 0 Å². The molecule has 1 aliphatic rings. The topological polar surface area (TPSA) is 61.2 Å². The summed E-state index contributed by atoms with van der Waals surface area (Å²) in [5.41, 5.74) is -0.601. The number of halogens is 4. The summed E-state index contributed by atoms with van der Waals surface area (Å²) < 4.78 is 65.5. The van der Waals surface area contributed by atoms with Gasteiger partial charge in [-0.2, -0.15) is 18.4 Å². The molecule has 1 saturated heterocycles. The highest BCUT2D eigenvalue weighted by Crippen LogP contribution is 2.38. The summed E-state index contributed by atoms with van der Waals surface area (Å²) in [4.78, 5) is 2.00. The van der Waals surface area contributed by atoms with Gasteiger partial charge in [-0.15, -0.1) is 0 Å². The number of thioether (sulfide) groups is 1. The Labute approximate surface area is 176 Å². The van der Waals surface area contributed by atoms with E-state index >= 15 is 0 Å². The Balaban J connectivity index is 2.09.